The molecule has 0 bridgehead atoms. The highest BCUT2D eigenvalue weighted by Gasteiger charge is 2.38. The molecule has 4 amide bonds. The van der Waals surface area contributed by atoms with E-state index in [9.17, 15) is 19.2 Å². The lowest BCUT2D eigenvalue weighted by Crippen LogP contribution is -2.52. The van der Waals surface area contributed by atoms with Crippen LogP contribution in [0.1, 0.15) is 50.1 Å². The van der Waals surface area contributed by atoms with Gasteiger partial charge in [0.2, 0.25) is 11.8 Å². The Hall–Kier alpha value is -5.45. The molecular formula is C34H38N6O5. The van der Waals surface area contributed by atoms with Crippen molar-refractivity contribution in [2.24, 2.45) is 0 Å². The summed E-state index contributed by atoms with van der Waals surface area (Å²) in [4.78, 5) is 53.8. The Labute approximate surface area is 262 Å². The maximum absolute atomic E-state index is 13.1. The normalized spacial score (nSPS) is 12.0. The van der Waals surface area contributed by atoms with Gasteiger partial charge in [-0.2, -0.15) is 0 Å². The van der Waals surface area contributed by atoms with Gasteiger partial charge in [-0.15, -0.1) is 0 Å². The topological polar surface area (TPSA) is 143 Å². The van der Waals surface area contributed by atoms with Crippen LogP contribution < -0.4 is 21.5 Å². The standard InChI is InChI=1S/C34H38N6O5/c1-24(41)37-29(31(43)35-21-30(42)38-39-32(44)45-33(2,3)4)20-28-22-40(23-36-28)34(25-14-8-5-9-15-25,26-16-10-6-11-17-26)27-18-12-7-13-19-27/h5-19,22-23,29H,20-21H2,1-4H3,(H,35,43)(H,37,41)(H,38,42)(H,39,44)/t29-/m0/s1. The number of hydrogen-bond donors (Lipinski definition) is 4. The molecule has 11 nitrogen and oxygen atoms in total. The Kier molecular flexibility index (Phi) is 10.4. The van der Waals surface area contributed by atoms with Crippen LogP contribution in [-0.4, -0.2) is 51.6 Å². The second kappa shape index (κ2) is 14.3. The highest BCUT2D eigenvalue weighted by atomic mass is 16.6. The van der Waals surface area contributed by atoms with Crippen molar-refractivity contribution in [2.75, 3.05) is 6.54 Å². The molecule has 1 heterocycles. The molecule has 0 fully saturated rings. The summed E-state index contributed by atoms with van der Waals surface area (Å²) in [5.41, 5.74) is 6.34. The van der Waals surface area contributed by atoms with Gasteiger partial charge >= 0.3 is 6.09 Å². The predicted octanol–water partition coefficient (Wildman–Crippen LogP) is 3.44. The van der Waals surface area contributed by atoms with Crippen LogP contribution in [0.3, 0.4) is 0 Å². The predicted molar refractivity (Wildman–Crippen MR) is 169 cm³/mol. The summed E-state index contributed by atoms with van der Waals surface area (Å²) < 4.78 is 7.08. The summed E-state index contributed by atoms with van der Waals surface area (Å²) in [6.45, 7) is 5.92. The van der Waals surface area contributed by atoms with Gasteiger partial charge in [0.05, 0.1) is 18.6 Å². The third-order valence-corrected chi connectivity index (χ3v) is 6.83. The van der Waals surface area contributed by atoms with E-state index in [0.29, 0.717) is 5.69 Å². The minimum atomic E-state index is -1.02. The van der Waals surface area contributed by atoms with Crippen LogP contribution in [0.4, 0.5) is 4.79 Å². The molecule has 0 saturated heterocycles. The van der Waals surface area contributed by atoms with E-state index in [-0.39, 0.29) is 6.42 Å². The molecule has 4 aromatic rings. The number of carbonyl (C=O) groups excluding carboxylic acids is 4. The van der Waals surface area contributed by atoms with Crippen LogP contribution in [0.5, 0.6) is 0 Å². The number of aromatic nitrogens is 2. The molecule has 234 valence electrons. The number of hydrazine groups is 1. The van der Waals surface area contributed by atoms with Gasteiger partial charge in [0.1, 0.15) is 17.2 Å². The smallest absolute Gasteiger partial charge is 0.426 e. The van der Waals surface area contributed by atoms with Crippen molar-refractivity contribution in [1.29, 1.82) is 0 Å². The van der Waals surface area contributed by atoms with Crippen molar-refractivity contribution in [3.63, 3.8) is 0 Å². The lowest BCUT2D eigenvalue weighted by Gasteiger charge is -2.37. The van der Waals surface area contributed by atoms with Crippen molar-refractivity contribution in [3.05, 3.63) is 126 Å². The van der Waals surface area contributed by atoms with E-state index >= 15 is 0 Å². The molecule has 0 spiro atoms. The lowest BCUT2D eigenvalue weighted by atomic mass is 9.77. The molecule has 0 aliphatic heterocycles. The van der Waals surface area contributed by atoms with Crippen molar-refractivity contribution in [1.82, 2.24) is 31.0 Å². The third-order valence-electron chi connectivity index (χ3n) is 6.83. The van der Waals surface area contributed by atoms with E-state index in [1.54, 1.807) is 27.1 Å². The highest BCUT2D eigenvalue weighted by Crippen LogP contribution is 2.40. The van der Waals surface area contributed by atoms with Crippen LogP contribution in [0, 0.1) is 0 Å². The molecule has 0 saturated carbocycles. The first kappa shape index (κ1) is 32.5. The molecule has 1 atom stereocenters. The first-order valence-electron chi connectivity index (χ1n) is 14.5. The zero-order chi connectivity index (χ0) is 32.5. The SMILES string of the molecule is CC(=O)N[C@@H](Cc1cn(C(c2ccccc2)(c2ccccc2)c2ccccc2)cn1)C(=O)NCC(=O)NNC(=O)OC(C)(C)C. The van der Waals surface area contributed by atoms with Gasteiger partial charge in [0, 0.05) is 19.5 Å². The van der Waals surface area contributed by atoms with Crippen molar-refractivity contribution >= 4 is 23.8 Å². The number of nitrogens with zero attached hydrogens (tertiary/aromatic N) is 2. The molecule has 1 aromatic heterocycles. The number of rotatable bonds is 10. The molecule has 4 N–H and O–H groups in total. The van der Waals surface area contributed by atoms with E-state index < -0.39 is 47.5 Å². The Bertz CT molecular complexity index is 1500. The van der Waals surface area contributed by atoms with Crippen LogP contribution in [0.15, 0.2) is 104 Å². The number of imidazole rings is 1. The molecule has 0 unspecified atom stereocenters. The fraction of sp³-hybridized carbons (Fsp3) is 0.265. The Morgan fingerprint density at radius 1 is 0.800 bits per heavy atom. The average molecular weight is 611 g/mol. The lowest BCUT2D eigenvalue weighted by molar-refractivity contribution is -0.129. The van der Waals surface area contributed by atoms with Crippen LogP contribution >= 0.6 is 0 Å². The van der Waals surface area contributed by atoms with Gasteiger partial charge in [0.25, 0.3) is 5.91 Å². The van der Waals surface area contributed by atoms with Gasteiger partial charge in [-0.05, 0) is 37.5 Å². The fourth-order valence-corrected chi connectivity index (χ4v) is 5.06. The molecular weight excluding hydrogens is 572 g/mol. The molecule has 45 heavy (non-hydrogen) atoms. The zero-order valence-corrected chi connectivity index (χ0v) is 25.7. The fourth-order valence-electron chi connectivity index (χ4n) is 5.06. The maximum Gasteiger partial charge on any atom is 0.426 e. The summed E-state index contributed by atoms with van der Waals surface area (Å²) >= 11 is 0. The second-order valence-electron chi connectivity index (χ2n) is 11.4. The molecule has 0 aliphatic rings. The summed E-state index contributed by atoms with van der Waals surface area (Å²) in [7, 11) is 0. The molecule has 4 rings (SSSR count). The molecule has 0 radical (unpaired) electrons. The number of ether oxygens (including phenoxy) is 1. The van der Waals surface area contributed by atoms with E-state index in [2.05, 4.69) is 62.9 Å². The van der Waals surface area contributed by atoms with Crippen LogP contribution in [0.2, 0.25) is 0 Å². The first-order chi connectivity index (χ1) is 21.5. The van der Waals surface area contributed by atoms with Gasteiger partial charge in [-0.3, -0.25) is 19.8 Å². The maximum atomic E-state index is 13.1. The van der Waals surface area contributed by atoms with E-state index in [1.165, 1.54) is 6.92 Å². The monoisotopic (exact) mass is 610 g/mol. The van der Waals surface area contributed by atoms with Crippen molar-refractivity contribution in [2.45, 2.75) is 51.3 Å². The quantitative estimate of drug-likeness (QED) is 0.160. The number of carbonyl (C=O) groups is 4. The van der Waals surface area contributed by atoms with Gasteiger partial charge in [-0.1, -0.05) is 91.0 Å². The Morgan fingerprint density at radius 2 is 1.31 bits per heavy atom. The first-order valence-corrected chi connectivity index (χ1v) is 14.5. The second-order valence-corrected chi connectivity index (χ2v) is 11.4. The summed E-state index contributed by atoms with van der Waals surface area (Å²) in [5, 5.41) is 5.15. The number of hydrogen-bond acceptors (Lipinski definition) is 6. The number of amides is 4. The summed E-state index contributed by atoms with van der Waals surface area (Å²) in [5.74, 6) is -1.69. The van der Waals surface area contributed by atoms with Gasteiger partial charge in [0.15, 0.2) is 0 Å². The average Bonchev–Trinajstić information content (AvgIpc) is 3.48. The highest BCUT2D eigenvalue weighted by molar-refractivity contribution is 5.90. The summed E-state index contributed by atoms with van der Waals surface area (Å²) in [6.07, 6.45) is 2.81. The van der Waals surface area contributed by atoms with E-state index in [1.807, 2.05) is 65.4 Å². The van der Waals surface area contributed by atoms with E-state index in [4.69, 9.17) is 4.74 Å². The molecule has 3 aromatic carbocycles. The zero-order valence-electron chi connectivity index (χ0n) is 25.7. The largest absolute Gasteiger partial charge is 0.443 e. The van der Waals surface area contributed by atoms with Crippen molar-refractivity contribution in [3.8, 4) is 0 Å². The van der Waals surface area contributed by atoms with Gasteiger partial charge < -0.3 is 19.9 Å². The van der Waals surface area contributed by atoms with Crippen molar-refractivity contribution < 1.29 is 23.9 Å². The number of benzene rings is 3. The number of nitrogens with one attached hydrogen (secondary N) is 4. The van der Waals surface area contributed by atoms with E-state index in [0.717, 1.165) is 16.7 Å². The molecule has 0 aliphatic carbocycles. The van der Waals surface area contributed by atoms with Crippen LogP contribution in [0.25, 0.3) is 0 Å². The Balaban J connectivity index is 1.58. The third kappa shape index (κ3) is 8.35. The minimum Gasteiger partial charge on any atom is -0.443 e. The minimum absolute atomic E-state index is 0.0602. The van der Waals surface area contributed by atoms with Gasteiger partial charge in [-0.25, -0.2) is 15.2 Å². The summed E-state index contributed by atoms with van der Waals surface area (Å²) in [6, 6.07) is 29.2. The van der Waals surface area contributed by atoms with Crippen LogP contribution in [-0.2, 0) is 31.1 Å². The Morgan fingerprint density at radius 3 is 1.78 bits per heavy atom. The molecule has 11 heteroatoms.